The minimum Gasteiger partial charge on any atom is -0.490 e. The average Bonchev–Trinajstić information content (AvgIpc) is 3.21. The van der Waals surface area contributed by atoms with Crippen molar-refractivity contribution in [3.8, 4) is 5.75 Å². The van der Waals surface area contributed by atoms with Crippen molar-refractivity contribution in [3.63, 3.8) is 0 Å². The van der Waals surface area contributed by atoms with Gasteiger partial charge in [-0.3, -0.25) is 10.2 Å². The number of amides is 1. The van der Waals surface area contributed by atoms with E-state index in [-0.39, 0.29) is 24.0 Å². The molecule has 2 N–H and O–H groups in total. The monoisotopic (exact) mass is 379 g/mol. The maximum Gasteiger partial charge on any atom is 0.229 e. The van der Waals surface area contributed by atoms with Crippen LogP contribution in [0.1, 0.15) is 35.6 Å². The molecule has 28 heavy (non-hydrogen) atoms. The first-order valence-corrected chi connectivity index (χ1v) is 10.2. The molecule has 2 aromatic carbocycles. The smallest absolute Gasteiger partial charge is 0.229 e. The first-order valence-electron chi connectivity index (χ1n) is 10.2. The Morgan fingerprint density at radius 3 is 2.36 bits per heavy atom. The molecule has 1 amide bonds. The molecule has 2 aliphatic rings. The van der Waals surface area contributed by atoms with Crippen LogP contribution >= 0.6 is 0 Å². The SMILES string of the molecule is Cc1cccc(C)c1OC1CCN(C(=O)C2CNNC2c2ccccc2)CC1. The number of likely N-dealkylation sites (tertiary alicyclic amines) is 1. The summed E-state index contributed by atoms with van der Waals surface area (Å²) >= 11 is 0. The molecular weight excluding hydrogens is 350 g/mol. The summed E-state index contributed by atoms with van der Waals surface area (Å²) in [5.74, 6) is 1.16. The summed E-state index contributed by atoms with van der Waals surface area (Å²) in [5, 5.41) is 0. The van der Waals surface area contributed by atoms with Gasteiger partial charge in [-0.2, -0.15) is 0 Å². The van der Waals surface area contributed by atoms with Crippen molar-refractivity contribution < 1.29 is 9.53 Å². The third kappa shape index (κ3) is 3.91. The fourth-order valence-corrected chi connectivity index (χ4v) is 4.28. The van der Waals surface area contributed by atoms with E-state index in [9.17, 15) is 4.79 Å². The molecule has 148 valence electrons. The Labute approximate surface area is 167 Å². The fourth-order valence-electron chi connectivity index (χ4n) is 4.28. The molecule has 2 unspecified atom stereocenters. The van der Waals surface area contributed by atoms with Crippen LogP contribution in [0.5, 0.6) is 5.75 Å². The molecule has 0 radical (unpaired) electrons. The lowest BCUT2D eigenvalue weighted by atomic mass is 9.93. The van der Waals surface area contributed by atoms with Crippen LogP contribution in [0.15, 0.2) is 48.5 Å². The lowest BCUT2D eigenvalue weighted by molar-refractivity contribution is -0.137. The number of nitrogens with one attached hydrogen (secondary N) is 2. The number of nitrogens with zero attached hydrogens (tertiary/aromatic N) is 1. The van der Waals surface area contributed by atoms with Crippen molar-refractivity contribution in [2.45, 2.75) is 38.8 Å². The van der Waals surface area contributed by atoms with Crippen molar-refractivity contribution in [2.24, 2.45) is 5.92 Å². The average molecular weight is 380 g/mol. The summed E-state index contributed by atoms with van der Waals surface area (Å²) in [6.45, 7) is 6.35. The van der Waals surface area contributed by atoms with Gasteiger partial charge < -0.3 is 9.64 Å². The Hall–Kier alpha value is -2.37. The lowest BCUT2D eigenvalue weighted by Gasteiger charge is -2.35. The number of aryl methyl sites for hydroxylation is 2. The number of hydrogen-bond donors (Lipinski definition) is 2. The molecule has 0 bridgehead atoms. The van der Waals surface area contributed by atoms with Gasteiger partial charge in [-0.15, -0.1) is 0 Å². The maximum atomic E-state index is 13.2. The Morgan fingerprint density at radius 1 is 1.00 bits per heavy atom. The summed E-state index contributed by atoms with van der Waals surface area (Å²) in [6.07, 6.45) is 1.93. The van der Waals surface area contributed by atoms with Gasteiger partial charge in [0.15, 0.2) is 0 Å². The number of benzene rings is 2. The highest BCUT2D eigenvalue weighted by Crippen LogP contribution is 2.29. The number of hydrogen-bond acceptors (Lipinski definition) is 4. The Morgan fingerprint density at radius 2 is 1.68 bits per heavy atom. The third-order valence-corrected chi connectivity index (χ3v) is 5.90. The van der Waals surface area contributed by atoms with Crippen molar-refractivity contribution in [2.75, 3.05) is 19.6 Å². The normalized spacial score (nSPS) is 23.0. The van der Waals surface area contributed by atoms with Gasteiger partial charge in [0.25, 0.3) is 0 Å². The molecule has 2 fully saturated rings. The lowest BCUT2D eigenvalue weighted by Crippen LogP contribution is -2.45. The number of para-hydroxylation sites is 1. The second-order valence-corrected chi connectivity index (χ2v) is 7.88. The van der Waals surface area contributed by atoms with E-state index in [1.165, 1.54) is 11.1 Å². The van der Waals surface area contributed by atoms with E-state index in [1.54, 1.807) is 0 Å². The quantitative estimate of drug-likeness (QED) is 0.857. The minimum atomic E-state index is -0.0709. The molecule has 2 atom stereocenters. The molecule has 2 aliphatic heterocycles. The van der Waals surface area contributed by atoms with Crippen LogP contribution in [0.2, 0.25) is 0 Å². The number of rotatable bonds is 4. The van der Waals surface area contributed by atoms with Crippen LogP contribution in [-0.4, -0.2) is 36.5 Å². The third-order valence-electron chi connectivity index (χ3n) is 5.90. The standard InChI is InChI=1S/C23H29N3O2/c1-16-7-6-8-17(2)22(16)28-19-11-13-26(14-12-19)23(27)20-15-24-25-21(20)18-9-4-3-5-10-18/h3-10,19-21,24-25H,11-15H2,1-2H3. The highest BCUT2D eigenvalue weighted by atomic mass is 16.5. The van der Waals surface area contributed by atoms with Gasteiger partial charge in [-0.25, -0.2) is 5.43 Å². The van der Waals surface area contributed by atoms with Crippen molar-refractivity contribution in [1.29, 1.82) is 0 Å². The molecule has 0 aliphatic carbocycles. The first-order chi connectivity index (χ1) is 13.6. The zero-order valence-corrected chi connectivity index (χ0v) is 16.7. The number of carbonyl (C=O) groups excluding carboxylic acids is 1. The van der Waals surface area contributed by atoms with Gasteiger partial charge in [0, 0.05) is 32.5 Å². The number of ether oxygens (including phenoxy) is 1. The summed E-state index contributed by atoms with van der Waals surface area (Å²) in [4.78, 5) is 15.2. The fraction of sp³-hybridized carbons (Fsp3) is 0.435. The van der Waals surface area contributed by atoms with Gasteiger partial charge in [0.2, 0.25) is 5.91 Å². The van der Waals surface area contributed by atoms with E-state index < -0.39 is 0 Å². The zero-order chi connectivity index (χ0) is 19.5. The van der Waals surface area contributed by atoms with Crippen molar-refractivity contribution >= 4 is 5.91 Å². The highest BCUT2D eigenvalue weighted by Gasteiger charge is 2.37. The van der Waals surface area contributed by atoms with E-state index in [0.29, 0.717) is 6.54 Å². The molecule has 5 nitrogen and oxygen atoms in total. The predicted octanol–water partition coefficient (Wildman–Crippen LogP) is 3.14. The van der Waals surface area contributed by atoms with E-state index in [1.807, 2.05) is 23.1 Å². The molecular formula is C23H29N3O2. The number of carbonyl (C=O) groups is 1. The summed E-state index contributed by atoms with van der Waals surface area (Å²) in [7, 11) is 0. The zero-order valence-electron chi connectivity index (χ0n) is 16.7. The summed E-state index contributed by atoms with van der Waals surface area (Å²) in [6, 6.07) is 16.5. The van der Waals surface area contributed by atoms with E-state index >= 15 is 0 Å². The van der Waals surface area contributed by atoms with Crippen LogP contribution in [0.4, 0.5) is 0 Å². The largest absolute Gasteiger partial charge is 0.490 e. The van der Waals surface area contributed by atoms with E-state index in [0.717, 1.165) is 37.2 Å². The number of hydrazine groups is 1. The van der Waals surface area contributed by atoms with Gasteiger partial charge >= 0.3 is 0 Å². The number of piperidine rings is 1. The topological polar surface area (TPSA) is 53.6 Å². The molecule has 5 heteroatoms. The second kappa shape index (κ2) is 8.33. The predicted molar refractivity (Wildman–Crippen MR) is 110 cm³/mol. The van der Waals surface area contributed by atoms with Gasteiger partial charge in [0.05, 0.1) is 12.0 Å². The van der Waals surface area contributed by atoms with Gasteiger partial charge in [0.1, 0.15) is 11.9 Å². The maximum absolute atomic E-state index is 13.2. The molecule has 4 rings (SSSR count). The Bertz CT molecular complexity index is 796. The van der Waals surface area contributed by atoms with E-state index in [4.69, 9.17) is 4.74 Å². The first kappa shape index (κ1) is 19.0. The summed E-state index contributed by atoms with van der Waals surface area (Å²) < 4.78 is 6.30. The Balaban J connectivity index is 1.36. The van der Waals surface area contributed by atoms with Crippen molar-refractivity contribution in [1.82, 2.24) is 15.8 Å². The highest BCUT2D eigenvalue weighted by molar-refractivity contribution is 5.80. The van der Waals surface area contributed by atoms with Crippen LogP contribution in [-0.2, 0) is 4.79 Å². The van der Waals surface area contributed by atoms with Crippen LogP contribution < -0.4 is 15.6 Å². The Kier molecular flexibility index (Phi) is 5.64. The van der Waals surface area contributed by atoms with Gasteiger partial charge in [-0.05, 0) is 30.5 Å². The van der Waals surface area contributed by atoms with E-state index in [2.05, 4.69) is 55.0 Å². The van der Waals surface area contributed by atoms with Crippen LogP contribution in [0, 0.1) is 19.8 Å². The van der Waals surface area contributed by atoms with Crippen molar-refractivity contribution in [3.05, 3.63) is 65.2 Å². The molecule has 2 saturated heterocycles. The minimum absolute atomic E-state index is 0.0253. The molecule has 2 heterocycles. The molecule has 0 spiro atoms. The molecule has 0 aromatic heterocycles. The molecule has 2 aromatic rings. The molecule has 0 saturated carbocycles. The van der Waals surface area contributed by atoms with Crippen LogP contribution in [0.25, 0.3) is 0 Å². The van der Waals surface area contributed by atoms with Crippen LogP contribution in [0.3, 0.4) is 0 Å². The van der Waals surface area contributed by atoms with Gasteiger partial charge in [-0.1, -0.05) is 48.5 Å². The summed E-state index contributed by atoms with van der Waals surface area (Å²) in [5.41, 5.74) is 9.95. The second-order valence-electron chi connectivity index (χ2n) is 7.88.